The summed E-state index contributed by atoms with van der Waals surface area (Å²) >= 11 is 0. The number of hydrogen-bond acceptors (Lipinski definition) is 5. The first-order chi connectivity index (χ1) is 8.86. The quantitative estimate of drug-likeness (QED) is 0.489. The third kappa shape index (κ3) is 3.60. The summed E-state index contributed by atoms with van der Waals surface area (Å²) in [6.45, 7) is 0.286. The molecule has 0 amide bonds. The van der Waals surface area contributed by atoms with Crippen molar-refractivity contribution >= 4 is 17.2 Å². The van der Waals surface area contributed by atoms with Crippen LogP contribution in [0.25, 0.3) is 0 Å². The Balaban J connectivity index is 3.28. The van der Waals surface area contributed by atoms with Crippen LogP contribution in [0.5, 0.6) is 5.75 Å². The number of carbonyl (C=O) groups excluding carboxylic acids is 1. The van der Waals surface area contributed by atoms with E-state index in [1.165, 1.54) is 14.0 Å². The fourth-order valence-electron chi connectivity index (χ4n) is 1.47. The number of hydrogen-bond donors (Lipinski definition) is 1. The molecule has 1 N–H and O–H groups in total. The maximum absolute atomic E-state index is 12.1. The van der Waals surface area contributed by atoms with Crippen LogP contribution in [0.3, 0.4) is 0 Å². The lowest BCUT2D eigenvalue weighted by Gasteiger charge is -2.11. The minimum absolute atomic E-state index is 0.0827. The Hall–Kier alpha value is -2.25. The molecule has 0 heterocycles. The molecule has 8 heteroatoms. The highest BCUT2D eigenvalue weighted by Crippen LogP contribution is 2.33. The molecule has 0 atom stereocenters. The highest BCUT2D eigenvalue weighted by atomic mass is 19.3. The molecule has 6 nitrogen and oxygen atoms in total. The molecule has 0 spiro atoms. The van der Waals surface area contributed by atoms with Crippen molar-refractivity contribution in [3.05, 3.63) is 27.8 Å². The monoisotopic (exact) mass is 274 g/mol. The van der Waals surface area contributed by atoms with Gasteiger partial charge in [-0.1, -0.05) is 0 Å². The molecule has 104 valence electrons. The molecule has 0 unspecified atom stereocenters. The SMILES string of the molecule is CNc1cc(OCC(F)F)c(C(C)=O)cc1[N+](=O)[O-]. The van der Waals surface area contributed by atoms with Gasteiger partial charge in [-0.25, -0.2) is 8.78 Å². The predicted molar refractivity (Wildman–Crippen MR) is 64.1 cm³/mol. The van der Waals surface area contributed by atoms with Crippen LogP contribution in [-0.4, -0.2) is 30.8 Å². The fourth-order valence-corrected chi connectivity index (χ4v) is 1.47. The summed E-state index contributed by atoms with van der Waals surface area (Å²) in [5, 5.41) is 13.4. The van der Waals surface area contributed by atoms with E-state index < -0.39 is 23.7 Å². The van der Waals surface area contributed by atoms with Gasteiger partial charge < -0.3 is 10.1 Å². The number of nitrogens with one attached hydrogen (secondary N) is 1. The molecule has 0 bridgehead atoms. The van der Waals surface area contributed by atoms with Crippen molar-refractivity contribution in [2.45, 2.75) is 13.3 Å². The summed E-state index contributed by atoms with van der Waals surface area (Å²) in [7, 11) is 1.44. The third-order valence-electron chi connectivity index (χ3n) is 2.31. The number of Topliss-reactive ketones (excluding diaryl/α,β-unsaturated/α-hetero) is 1. The molecule has 0 saturated heterocycles. The number of alkyl halides is 2. The Kier molecular flexibility index (Phi) is 4.74. The van der Waals surface area contributed by atoms with Crippen molar-refractivity contribution in [2.24, 2.45) is 0 Å². The van der Waals surface area contributed by atoms with Crippen molar-refractivity contribution < 1.29 is 23.2 Å². The Bertz CT molecular complexity index is 506. The van der Waals surface area contributed by atoms with Crippen molar-refractivity contribution in [3.63, 3.8) is 0 Å². The highest BCUT2D eigenvalue weighted by Gasteiger charge is 2.21. The molecule has 19 heavy (non-hydrogen) atoms. The van der Waals surface area contributed by atoms with E-state index in [1.54, 1.807) is 0 Å². The van der Waals surface area contributed by atoms with Crippen LogP contribution < -0.4 is 10.1 Å². The van der Waals surface area contributed by atoms with E-state index in [0.29, 0.717) is 0 Å². The first-order valence-corrected chi connectivity index (χ1v) is 5.29. The predicted octanol–water partition coefficient (Wildman–Crippen LogP) is 2.48. The van der Waals surface area contributed by atoms with Crippen molar-refractivity contribution in [2.75, 3.05) is 19.0 Å². The zero-order chi connectivity index (χ0) is 14.6. The smallest absolute Gasteiger partial charge is 0.293 e. The van der Waals surface area contributed by atoms with Crippen LogP contribution in [0.15, 0.2) is 12.1 Å². The minimum Gasteiger partial charge on any atom is -0.487 e. The van der Waals surface area contributed by atoms with Gasteiger partial charge in [-0.2, -0.15) is 0 Å². The van der Waals surface area contributed by atoms with E-state index in [4.69, 9.17) is 4.74 Å². The number of nitrogens with zero attached hydrogens (tertiary/aromatic N) is 1. The third-order valence-corrected chi connectivity index (χ3v) is 2.31. The molecular weight excluding hydrogens is 262 g/mol. The molecule has 1 rings (SSSR count). The van der Waals surface area contributed by atoms with E-state index in [-0.39, 0.29) is 22.7 Å². The number of carbonyl (C=O) groups is 1. The van der Waals surface area contributed by atoms with Crippen LogP contribution in [0.4, 0.5) is 20.2 Å². The number of ether oxygens (including phenoxy) is 1. The van der Waals surface area contributed by atoms with Gasteiger partial charge in [0, 0.05) is 19.2 Å². The van der Waals surface area contributed by atoms with Crippen molar-refractivity contribution in [1.82, 2.24) is 0 Å². The first kappa shape index (κ1) is 14.8. The second-order valence-corrected chi connectivity index (χ2v) is 3.63. The molecule has 0 aliphatic carbocycles. The highest BCUT2D eigenvalue weighted by molar-refractivity contribution is 5.98. The molecule has 0 aliphatic rings. The van der Waals surface area contributed by atoms with E-state index in [1.807, 2.05) is 0 Å². The zero-order valence-electron chi connectivity index (χ0n) is 10.3. The van der Waals surface area contributed by atoms with Gasteiger partial charge in [-0.05, 0) is 6.92 Å². The molecule has 0 fully saturated rings. The zero-order valence-corrected chi connectivity index (χ0v) is 10.3. The number of benzene rings is 1. The molecule has 1 aromatic carbocycles. The Labute approximate surface area is 107 Å². The van der Waals surface area contributed by atoms with E-state index in [9.17, 15) is 23.7 Å². The second kappa shape index (κ2) is 6.07. The Morgan fingerprint density at radius 2 is 2.16 bits per heavy atom. The van der Waals surface area contributed by atoms with E-state index in [0.717, 1.165) is 12.1 Å². The number of rotatable bonds is 6. The van der Waals surface area contributed by atoms with E-state index >= 15 is 0 Å². The molecule has 1 aromatic rings. The number of ketones is 1. The average Bonchev–Trinajstić information content (AvgIpc) is 2.34. The molecular formula is C11H12F2N2O4. The normalized spacial score (nSPS) is 10.4. The van der Waals surface area contributed by atoms with Gasteiger partial charge >= 0.3 is 0 Å². The summed E-state index contributed by atoms with van der Waals surface area (Å²) in [5.74, 6) is -0.613. The van der Waals surface area contributed by atoms with Gasteiger partial charge in [0.05, 0.1) is 10.5 Å². The van der Waals surface area contributed by atoms with Crippen LogP contribution in [0.2, 0.25) is 0 Å². The van der Waals surface area contributed by atoms with Gasteiger partial charge in [0.25, 0.3) is 12.1 Å². The van der Waals surface area contributed by atoms with Gasteiger partial charge in [-0.15, -0.1) is 0 Å². The maximum Gasteiger partial charge on any atom is 0.293 e. The lowest BCUT2D eigenvalue weighted by Crippen LogP contribution is -2.10. The number of halogens is 2. The van der Waals surface area contributed by atoms with Gasteiger partial charge in [0.1, 0.15) is 18.0 Å². The summed E-state index contributed by atoms with van der Waals surface area (Å²) in [5.41, 5.74) is -0.345. The molecule has 0 radical (unpaired) electrons. The maximum atomic E-state index is 12.1. The fraction of sp³-hybridized carbons (Fsp3) is 0.364. The topological polar surface area (TPSA) is 81.5 Å². The summed E-state index contributed by atoms with van der Waals surface area (Å²) < 4.78 is 29.0. The number of anilines is 1. The number of nitro benzene ring substituents is 1. The standard InChI is InChI=1S/C11H12F2N2O4/c1-6(16)7-3-9(15(17)18)8(14-2)4-10(7)19-5-11(12)13/h3-4,11,14H,5H2,1-2H3. The Morgan fingerprint density at radius 3 is 2.58 bits per heavy atom. The van der Waals surface area contributed by atoms with Crippen LogP contribution >= 0.6 is 0 Å². The van der Waals surface area contributed by atoms with Crippen LogP contribution in [-0.2, 0) is 0 Å². The summed E-state index contributed by atoms with van der Waals surface area (Å²) in [4.78, 5) is 21.5. The molecule has 0 saturated carbocycles. The van der Waals surface area contributed by atoms with Gasteiger partial charge in [-0.3, -0.25) is 14.9 Å². The first-order valence-electron chi connectivity index (χ1n) is 5.29. The van der Waals surface area contributed by atoms with Crippen molar-refractivity contribution in [1.29, 1.82) is 0 Å². The van der Waals surface area contributed by atoms with E-state index in [2.05, 4.69) is 5.32 Å². The number of nitro groups is 1. The van der Waals surface area contributed by atoms with Crippen LogP contribution in [0.1, 0.15) is 17.3 Å². The van der Waals surface area contributed by atoms with Crippen molar-refractivity contribution in [3.8, 4) is 5.75 Å². The van der Waals surface area contributed by atoms with Gasteiger partial charge in [0.2, 0.25) is 0 Å². The molecule has 0 aromatic heterocycles. The minimum atomic E-state index is -2.70. The van der Waals surface area contributed by atoms with Gasteiger partial charge in [0.15, 0.2) is 5.78 Å². The summed E-state index contributed by atoms with van der Waals surface area (Å²) in [6, 6.07) is 2.17. The summed E-state index contributed by atoms with van der Waals surface area (Å²) in [6.07, 6.45) is -2.70. The average molecular weight is 274 g/mol. The lowest BCUT2D eigenvalue weighted by molar-refractivity contribution is -0.384. The van der Waals surface area contributed by atoms with Crippen LogP contribution in [0, 0.1) is 10.1 Å². The largest absolute Gasteiger partial charge is 0.487 e. The second-order valence-electron chi connectivity index (χ2n) is 3.63. The molecule has 0 aliphatic heterocycles. The Morgan fingerprint density at radius 1 is 1.53 bits per heavy atom. The lowest BCUT2D eigenvalue weighted by atomic mass is 10.1.